The molecule has 1 saturated heterocycles. The van der Waals surface area contributed by atoms with Crippen molar-refractivity contribution < 1.29 is 13.9 Å². The van der Waals surface area contributed by atoms with Gasteiger partial charge in [0.2, 0.25) is 0 Å². The number of halogens is 1. The van der Waals surface area contributed by atoms with Gasteiger partial charge in [-0.05, 0) is 32.7 Å². The molecule has 0 aromatic rings. The summed E-state index contributed by atoms with van der Waals surface area (Å²) in [6.45, 7) is 5.53. The van der Waals surface area contributed by atoms with E-state index in [-0.39, 0.29) is 6.54 Å². The van der Waals surface area contributed by atoms with Crippen LogP contribution in [0.1, 0.15) is 27.2 Å². The maximum Gasteiger partial charge on any atom is 0.410 e. The zero-order valence-corrected chi connectivity index (χ0v) is 10.3. The first-order valence-corrected chi connectivity index (χ1v) is 5.49. The van der Waals surface area contributed by atoms with Gasteiger partial charge in [0.25, 0.3) is 0 Å². The zero-order chi connectivity index (χ0) is 13.1. The van der Waals surface area contributed by atoms with E-state index in [2.05, 4.69) is 10.0 Å². The molecule has 0 aromatic heterocycles. The molecule has 1 aliphatic heterocycles. The molecule has 0 aliphatic carbocycles. The Labute approximate surface area is 99.4 Å². The van der Waals surface area contributed by atoms with Gasteiger partial charge in [0.05, 0.1) is 12.6 Å². The van der Waals surface area contributed by atoms with Crippen LogP contribution in [0, 0.1) is 0 Å². The quantitative estimate of drug-likeness (QED) is 0.404. The molecule has 1 fully saturated rings. The number of azide groups is 1. The van der Waals surface area contributed by atoms with Crippen LogP contribution in [0.25, 0.3) is 10.4 Å². The van der Waals surface area contributed by atoms with Crippen molar-refractivity contribution >= 4 is 6.09 Å². The Morgan fingerprint density at radius 1 is 1.59 bits per heavy atom. The van der Waals surface area contributed by atoms with Crippen molar-refractivity contribution in [2.75, 3.05) is 13.1 Å². The SMILES string of the molecule is CC(C)(C)OC(=O)N1CC[C@@H](N=[N+]=[N-])C(F)C1. The van der Waals surface area contributed by atoms with E-state index in [9.17, 15) is 9.18 Å². The Kier molecular flexibility index (Phi) is 4.17. The number of nitrogens with zero attached hydrogens (tertiary/aromatic N) is 4. The maximum absolute atomic E-state index is 13.6. The molecule has 0 aromatic carbocycles. The Morgan fingerprint density at radius 2 is 2.24 bits per heavy atom. The van der Waals surface area contributed by atoms with E-state index in [0.29, 0.717) is 13.0 Å². The lowest BCUT2D eigenvalue weighted by molar-refractivity contribution is 0.0116. The van der Waals surface area contributed by atoms with Gasteiger partial charge in [0.15, 0.2) is 0 Å². The van der Waals surface area contributed by atoms with Gasteiger partial charge in [-0.2, -0.15) is 0 Å². The summed E-state index contributed by atoms with van der Waals surface area (Å²) in [4.78, 5) is 15.6. The normalized spacial score (nSPS) is 25.1. The molecule has 1 amide bonds. The lowest BCUT2D eigenvalue weighted by atomic mass is 10.0. The summed E-state index contributed by atoms with van der Waals surface area (Å²) in [5, 5.41) is 3.36. The van der Waals surface area contributed by atoms with E-state index in [1.807, 2.05) is 0 Å². The smallest absolute Gasteiger partial charge is 0.410 e. The number of carbonyl (C=O) groups excluding carboxylic acids is 1. The molecule has 1 aliphatic rings. The molecule has 1 rings (SSSR count). The van der Waals surface area contributed by atoms with Crippen molar-refractivity contribution in [1.82, 2.24) is 4.90 Å². The van der Waals surface area contributed by atoms with Gasteiger partial charge >= 0.3 is 6.09 Å². The van der Waals surface area contributed by atoms with Gasteiger partial charge in [0.1, 0.15) is 11.8 Å². The van der Waals surface area contributed by atoms with Crippen LogP contribution < -0.4 is 0 Å². The van der Waals surface area contributed by atoms with Gasteiger partial charge < -0.3 is 9.64 Å². The summed E-state index contributed by atoms with van der Waals surface area (Å²) in [7, 11) is 0. The average Bonchev–Trinajstić information content (AvgIpc) is 2.18. The molecular weight excluding hydrogens is 227 g/mol. The summed E-state index contributed by atoms with van der Waals surface area (Å²) in [5.41, 5.74) is 7.66. The van der Waals surface area contributed by atoms with Gasteiger partial charge in [0, 0.05) is 11.5 Å². The molecule has 6 nitrogen and oxygen atoms in total. The third-order valence-corrected chi connectivity index (χ3v) is 2.36. The summed E-state index contributed by atoms with van der Waals surface area (Å²) >= 11 is 0. The molecule has 0 bridgehead atoms. The summed E-state index contributed by atoms with van der Waals surface area (Å²) < 4.78 is 18.7. The van der Waals surface area contributed by atoms with Crippen LogP contribution >= 0.6 is 0 Å². The van der Waals surface area contributed by atoms with Crippen LogP contribution in [0.15, 0.2) is 5.11 Å². The Bertz CT molecular complexity index is 336. The third-order valence-electron chi connectivity index (χ3n) is 2.36. The van der Waals surface area contributed by atoms with Crippen molar-refractivity contribution in [2.24, 2.45) is 5.11 Å². The largest absolute Gasteiger partial charge is 0.444 e. The fraction of sp³-hybridized carbons (Fsp3) is 0.900. The minimum atomic E-state index is -1.33. The number of ether oxygens (including phenoxy) is 1. The molecular formula is C10H17FN4O2. The predicted molar refractivity (Wildman–Crippen MR) is 60.3 cm³/mol. The van der Waals surface area contributed by atoms with E-state index in [1.54, 1.807) is 20.8 Å². The lowest BCUT2D eigenvalue weighted by Gasteiger charge is -2.33. The fourth-order valence-electron chi connectivity index (χ4n) is 1.58. The summed E-state index contributed by atoms with van der Waals surface area (Å²) in [5.74, 6) is 0. The van der Waals surface area contributed by atoms with Gasteiger partial charge in [-0.25, -0.2) is 9.18 Å². The summed E-state index contributed by atoms with van der Waals surface area (Å²) in [6.07, 6.45) is -1.53. The average molecular weight is 244 g/mol. The third kappa shape index (κ3) is 4.11. The van der Waals surface area contributed by atoms with E-state index >= 15 is 0 Å². The molecule has 1 heterocycles. The standard InChI is InChI=1S/C10H17FN4O2/c1-10(2,3)17-9(16)15-5-4-8(13-14-12)7(11)6-15/h7-8H,4-6H2,1-3H3/t7?,8-/m1/s1. The van der Waals surface area contributed by atoms with Crippen LogP contribution in [0.4, 0.5) is 9.18 Å². The molecule has 0 radical (unpaired) electrons. The molecule has 96 valence electrons. The Balaban J connectivity index is 2.55. The highest BCUT2D eigenvalue weighted by Crippen LogP contribution is 2.19. The first-order valence-electron chi connectivity index (χ1n) is 5.49. The number of rotatable bonds is 1. The highest BCUT2D eigenvalue weighted by Gasteiger charge is 2.32. The van der Waals surface area contributed by atoms with Crippen molar-refractivity contribution in [3.63, 3.8) is 0 Å². The molecule has 2 atom stereocenters. The number of hydrogen-bond donors (Lipinski definition) is 0. The second kappa shape index (κ2) is 5.23. The van der Waals surface area contributed by atoms with E-state index in [4.69, 9.17) is 10.3 Å². The van der Waals surface area contributed by atoms with Crippen LogP contribution in [-0.4, -0.2) is 41.9 Å². The van der Waals surface area contributed by atoms with Crippen LogP contribution in [-0.2, 0) is 4.74 Å². The van der Waals surface area contributed by atoms with E-state index in [1.165, 1.54) is 4.90 Å². The topological polar surface area (TPSA) is 78.3 Å². The number of amides is 1. The molecule has 7 heteroatoms. The highest BCUT2D eigenvalue weighted by atomic mass is 19.1. The molecule has 1 unspecified atom stereocenters. The number of piperidine rings is 1. The first kappa shape index (κ1) is 13.6. The van der Waals surface area contributed by atoms with Crippen molar-refractivity contribution in [3.8, 4) is 0 Å². The number of hydrogen-bond acceptors (Lipinski definition) is 3. The first-order chi connectivity index (χ1) is 7.83. The molecule has 17 heavy (non-hydrogen) atoms. The van der Waals surface area contributed by atoms with Crippen molar-refractivity contribution in [3.05, 3.63) is 10.4 Å². The van der Waals surface area contributed by atoms with Gasteiger partial charge in [-0.1, -0.05) is 5.11 Å². The van der Waals surface area contributed by atoms with Gasteiger partial charge in [-0.3, -0.25) is 0 Å². The summed E-state index contributed by atoms with van der Waals surface area (Å²) in [6, 6.07) is -0.682. The monoisotopic (exact) mass is 244 g/mol. The highest BCUT2D eigenvalue weighted by molar-refractivity contribution is 5.68. The maximum atomic E-state index is 13.6. The second-order valence-corrected chi connectivity index (χ2v) is 5.00. The molecule has 0 N–H and O–H groups in total. The van der Waals surface area contributed by atoms with Crippen LogP contribution in [0.5, 0.6) is 0 Å². The zero-order valence-electron chi connectivity index (χ0n) is 10.3. The van der Waals surface area contributed by atoms with Crippen LogP contribution in [0.2, 0.25) is 0 Å². The Morgan fingerprint density at radius 3 is 2.71 bits per heavy atom. The van der Waals surface area contributed by atoms with Crippen LogP contribution in [0.3, 0.4) is 0 Å². The van der Waals surface area contributed by atoms with E-state index < -0.39 is 23.9 Å². The number of alkyl halides is 1. The second-order valence-electron chi connectivity index (χ2n) is 5.00. The van der Waals surface area contributed by atoms with Gasteiger partial charge in [-0.15, -0.1) is 0 Å². The fourth-order valence-corrected chi connectivity index (χ4v) is 1.58. The predicted octanol–water partition coefficient (Wildman–Crippen LogP) is 2.64. The minimum absolute atomic E-state index is 0.0847. The van der Waals surface area contributed by atoms with Crippen molar-refractivity contribution in [1.29, 1.82) is 0 Å². The number of likely N-dealkylation sites (tertiary alicyclic amines) is 1. The minimum Gasteiger partial charge on any atom is -0.444 e. The van der Waals surface area contributed by atoms with Crippen molar-refractivity contribution in [2.45, 2.75) is 45.0 Å². The molecule has 0 saturated carbocycles. The molecule has 0 spiro atoms. The lowest BCUT2D eigenvalue weighted by Crippen LogP contribution is -2.48. The van der Waals surface area contributed by atoms with E-state index in [0.717, 1.165) is 0 Å². The number of carbonyl (C=O) groups is 1. The Hall–Kier alpha value is -1.49.